The van der Waals surface area contributed by atoms with Gasteiger partial charge in [-0.15, -0.1) is 0 Å². The molecule has 1 aliphatic rings. The van der Waals surface area contributed by atoms with Gasteiger partial charge in [-0.05, 0) is 26.2 Å². The first-order chi connectivity index (χ1) is 8.88. The van der Waals surface area contributed by atoms with E-state index >= 15 is 0 Å². The number of piperidine rings is 1. The topological polar surface area (TPSA) is 40.5 Å². The van der Waals surface area contributed by atoms with Gasteiger partial charge < -0.3 is 10.0 Å². The van der Waals surface area contributed by atoms with Crippen molar-refractivity contribution in [2.24, 2.45) is 11.3 Å². The number of hydrogen-bond donors (Lipinski definition) is 1. The molecule has 19 heavy (non-hydrogen) atoms. The molecule has 1 aliphatic heterocycles. The number of carbonyl (C=O) groups excluding carboxylic acids is 1. The molecule has 0 aromatic heterocycles. The fourth-order valence-electron chi connectivity index (χ4n) is 2.94. The van der Waals surface area contributed by atoms with Crippen LogP contribution in [0.3, 0.4) is 0 Å². The van der Waals surface area contributed by atoms with Gasteiger partial charge in [0.15, 0.2) is 0 Å². The Hall–Kier alpha value is -0.570. The third-order valence-electron chi connectivity index (χ3n) is 4.41. The second-order valence-corrected chi connectivity index (χ2v) is 6.74. The van der Waals surface area contributed by atoms with Gasteiger partial charge in [-0.3, -0.25) is 4.79 Å². The van der Waals surface area contributed by atoms with Crippen molar-refractivity contribution in [2.45, 2.75) is 72.3 Å². The molecular formula is C16H31NO2. The van der Waals surface area contributed by atoms with Crippen molar-refractivity contribution in [2.75, 3.05) is 13.1 Å². The van der Waals surface area contributed by atoms with Crippen LogP contribution in [-0.4, -0.2) is 35.1 Å². The van der Waals surface area contributed by atoms with Crippen molar-refractivity contribution in [1.82, 2.24) is 4.90 Å². The minimum atomic E-state index is -0.307. The van der Waals surface area contributed by atoms with Gasteiger partial charge in [0.05, 0.1) is 6.10 Å². The van der Waals surface area contributed by atoms with E-state index in [0.29, 0.717) is 0 Å². The zero-order chi connectivity index (χ0) is 14.5. The molecule has 112 valence electrons. The molecule has 0 aromatic rings. The average molecular weight is 269 g/mol. The van der Waals surface area contributed by atoms with Crippen LogP contribution in [0.4, 0.5) is 0 Å². The summed E-state index contributed by atoms with van der Waals surface area (Å²) in [5.74, 6) is 0.526. The maximum Gasteiger partial charge on any atom is 0.228 e. The molecule has 1 amide bonds. The molecule has 1 N–H and O–H groups in total. The Kier molecular flexibility index (Phi) is 6.31. The lowest BCUT2D eigenvalue weighted by Crippen LogP contribution is -2.48. The largest absolute Gasteiger partial charge is 0.393 e. The molecule has 2 atom stereocenters. The highest BCUT2D eigenvalue weighted by molar-refractivity contribution is 5.82. The average Bonchev–Trinajstić information content (AvgIpc) is 2.38. The smallest absolute Gasteiger partial charge is 0.228 e. The Morgan fingerprint density at radius 3 is 2.68 bits per heavy atom. The predicted molar refractivity (Wildman–Crippen MR) is 78.9 cm³/mol. The highest BCUT2D eigenvalue weighted by Crippen LogP contribution is 2.29. The first kappa shape index (κ1) is 16.5. The van der Waals surface area contributed by atoms with Gasteiger partial charge in [0.2, 0.25) is 5.91 Å². The Balaban J connectivity index is 2.55. The van der Waals surface area contributed by atoms with Gasteiger partial charge in [0, 0.05) is 24.4 Å². The normalized spacial score (nSPS) is 22.4. The minimum Gasteiger partial charge on any atom is -0.393 e. The van der Waals surface area contributed by atoms with Crippen LogP contribution in [0.25, 0.3) is 0 Å². The van der Waals surface area contributed by atoms with Crippen LogP contribution in [0.1, 0.15) is 66.2 Å². The van der Waals surface area contributed by atoms with Crippen LogP contribution in [0.2, 0.25) is 0 Å². The lowest BCUT2D eigenvalue weighted by atomic mass is 9.83. The number of nitrogens with zero attached hydrogens (tertiary/aromatic N) is 1. The van der Waals surface area contributed by atoms with Crippen LogP contribution in [-0.2, 0) is 4.79 Å². The summed E-state index contributed by atoms with van der Waals surface area (Å²) in [5.41, 5.74) is -0.254. The highest BCUT2D eigenvalue weighted by atomic mass is 16.3. The van der Waals surface area contributed by atoms with Gasteiger partial charge in [-0.25, -0.2) is 0 Å². The summed E-state index contributed by atoms with van der Waals surface area (Å²) in [7, 11) is 0. The van der Waals surface area contributed by atoms with Crippen LogP contribution in [0.15, 0.2) is 0 Å². The predicted octanol–water partition coefficient (Wildman–Crippen LogP) is 3.21. The van der Waals surface area contributed by atoms with Crippen molar-refractivity contribution < 1.29 is 9.90 Å². The van der Waals surface area contributed by atoms with Crippen LogP contribution in [0, 0.1) is 11.3 Å². The van der Waals surface area contributed by atoms with Crippen molar-refractivity contribution in [3.8, 4) is 0 Å². The van der Waals surface area contributed by atoms with Crippen molar-refractivity contribution >= 4 is 5.91 Å². The minimum absolute atomic E-state index is 0.254. The van der Waals surface area contributed by atoms with Gasteiger partial charge in [0.25, 0.3) is 0 Å². The summed E-state index contributed by atoms with van der Waals surface area (Å²) in [5, 5.41) is 9.71. The standard InChI is InChI=1S/C16H31NO2/c1-5-6-7-10-16(3,4)15(19)17-11-8-9-14(12-17)13(2)18/h13-14,18H,5-12H2,1-4H3. The lowest BCUT2D eigenvalue weighted by Gasteiger charge is -2.38. The van der Waals surface area contributed by atoms with Crippen molar-refractivity contribution in [3.63, 3.8) is 0 Å². The van der Waals surface area contributed by atoms with Gasteiger partial charge in [-0.2, -0.15) is 0 Å². The molecule has 0 bridgehead atoms. The summed E-state index contributed by atoms with van der Waals surface area (Å²) in [4.78, 5) is 14.6. The summed E-state index contributed by atoms with van der Waals surface area (Å²) >= 11 is 0. The van der Waals surface area contributed by atoms with Crippen LogP contribution >= 0.6 is 0 Å². The Bertz CT molecular complexity index is 286. The second-order valence-electron chi connectivity index (χ2n) is 6.74. The van der Waals surface area contributed by atoms with Gasteiger partial charge >= 0.3 is 0 Å². The number of rotatable bonds is 6. The Labute approximate surface area is 118 Å². The number of amides is 1. The summed E-state index contributed by atoms with van der Waals surface area (Å²) < 4.78 is 0. The van der Waals surface area contributed by atoms with E-state index in [4.69, 9.17) is 0 Å². The van der Waals surface area contributed by atoms with E-state index in [1.807, 2.05) is 11.8 Å². The quantitative estimate of drug-likeness (QED) is 0.752. The van der Waals surface area contributed by atoms with Crippen LogP contribution in [0.5, 0.6) is 0 Å². The molecule has 0 radical (unpaired) electrons. The molecule has 3 nitrogen and oxygen atoms in total. The molecule has 0 aliphatic carbocycles. The van der Waals surface area contributed by atoms with E-state index in [1.165, 1.54) is 12.8 Å². The van der Waals surface area contributed by atoms with Crippen LogP contribution < -0.4 is 0 Å². The molecule has 1 saturated heterocycles. The first-order valence-corrected chi connectivity index (χ1v) is 7.86. The highest BCUT2D eigenvalue weighted by Gasteiger charge is 2.34. The maximum atomic E-state index is 12.6. The molecule has 1 rings (SSSR count). The van der Waals surface area contributed by atoms with Gasteiger partial charge in [-0.1, -0.05) is 40.0 Å². The number of aliphatic hydroxyl groups is 1. The molecule has 0 aromatic carbocycles. The van der Waals surface area contributed by atoms with E-state index in [-0.39, 0.29) is 23.3 Å². The van der Waals surface area contributed by atoms with Crippen molar-refractivity contribution in [3.05, 3.63) is 0 Å². The molecule has 1 fully saturated rings. The SMILES string of the molecule is CCCCCC(C)(C)C(=O)N1CCCC(C(C)O)C1. The van der Waals surface area contributed by atoms with E-state index in [0.717, 1.165) is 38.8 Å². The van der Waals surface area contributed by atoms with E-state index in [2.05, 4.69) is 20.8 Å². The van der Waals surface area contributed by atoms with E-state index in [1.54, 1.807) is 0 Å². The number of hydrogen-bond acceptors (Lipinski definition) is 2. The summed E-state index contributed by atoms with van der Waals surface area (Å²) in [6.07, 6.45) is 6.24. The maximum absolute atomic E-state index is 12.6. The van der Waals surface area contributed by atoms with Gasteiger partial charge in [0.1, 0.15) is 0 Å². The third kappa shape index (κ3) is 4.79. The summed E-state index contributed by atoms with van der Waals surface area (Å²) in [6, 6.07) is 0. The zero-order valence-electron chi connectivity index (χ0n) is 13.1. The fourth-order valence-corrected chi connectivity index (χ4v) is 2.94. The molecule has 0 spiro atoms. The molecule has 0 saturated carbocycles. The molecule has 2 unspecified atom stereocenters. The number of carbonyl (C=O) groups is 1. The number of unbranched alkanes of at least 4 members (excludes halogenated alkanes) is 2. The first-order valence-electron chi connectivity index (χ1n) is 7.86. The number of likely N-dealkylation sites (tertiary alicyclic amines) is 1. The monoisotopic (exact) mass is 269 g/mol. The Morgan fingerprint density at radius 2 is 2.11 bits per heavy atom. The van der Waals surface area contributed by atoms with E-state index < -0.39 is 0 Å². The second kappa shape index (κ2) is 7.28. The van der Waals surface area contributed by atoms with E-state index in [9.17, 15) is 9.90 Å². The fraction of sp³-hybridized carbons (Fsp3) is 0.938. The summed E-state index contributed by atoms with van der Waals surface area (Å²) in [6.45, 7) is 9.75. The van der Waals surface area contributed by atoms with Crippen molar-refractivity contribution in [1.29, 1.82) is 0 Å². The molecular weight excluding hydrogens is 238 g/mol. The lowest BCUT2D eigenvalue weighted by molar-refractivity contribution is -0.143. The molecule has 3 heteroatoms. The third-order valence-corrected chi connectivity index (χ3v) is 4.41. The zero-order valence-corrected chi connectivity index (χ0v) is 13.1. The molecule has 1 heterocycles. The Morgan fingerprint density at radius 1 is 1.42 bits per heavy atom. The number of aliphatic hydroxyl groups excluding tert-OH is 1.